The summed E-state index contributed by atoms with van der Waals surface area (Å²) in [5.74, 6) is -1.69. The number of hydrogen-bond donors (Lipinski definition) is 0. The lowest BCUT2D eigenvalue weighted by Gasteiger charge is -2.26. The average molecular weight is 267 g/mol. The van der Waals surface area contributed by atoms with Gasteiger partial charge >= 0.3 is 0 Å². The zero-order chi connectivity index (χ0) is 13.8. The average Bonchev–Trinajstić information content (AvgIpc) is 2.66. The fraction of sp³-hybridized carbons (Fsp3) is 0.533. The van der Waals surface area contributed by atoms with Gasteiger partial charge in [-0.2, -0.15) is 0 Å². The summed E-state index contributed by atoms with van der Waals surface area (Å²) in [5.41, 5.74) is -0.0156. The van der Waals surface area contributed by atoms with E-state index in [1.807, 2.05) is 0 Å². The number of likely N-dealkylation sites (tertiary alicyclic amines) is 1. The van der Waals surface area contributed by atoms with Gasteiger partial charge in [0.25, 0.3) is 0 Å². The van der Waals surface area contributed by atoms with Crippen molar-refractivity contribution in [3.05, 3.63) is 35.4 Å². The van der Waals surface area contributed by atoms with Gasteiger partial charge in [-0.15, -0.1) is 0 Å². The minimum Gasteiger partial charge on any atom is -0.294 e. The first-order valence-corrected chi connectivity index (χ1v) is 6.83. The summed E-state index contributed by atoms with van der Waals surface area (Å²) >= 11 is 0. The number of carbonyl (C=O) groups excluding carboxylic acids is 1. The third-order valence-electron chi connectivity index (χ3n) is 3.76. The topological polar surface area (TPSA) is 20.3 Å². The van der Waals surface area contributed by atoms with E-state index in [1.165, 1.54) is 18.9 Å². The van der Waals surface area contributed by atoms with Crippen molar-refractivity contribution in [2.45, 2.75) is 38.6 Å². The number of halogens is 2. The second-order valence-electron chi connectivity index (χ2n) is 5.11. The second-order valence-corrected chi connectivity index (χ2v) is 5.11. The van der Waals surface area contributed by atoms with Crippen LogP contribution in [-0.2, 0) is 0 Å². The Morgan fingerprint density at radius 3 is 2.37 bits per heavy atom. The molecule has 2 nitrogen and oxygen atoms in total. The van der Waals surface area contributed by atoms with Crippen molar-refractivity contribution in [3.63, 3.8) is 0 Å². The normalized spacial score (nSPS) is 18.9. The fourth-order valence-electron chi connectivity index (χ4n) is 2.56. The maximum atomic E-state index is 13.6. The highest BCUT2D eigenvalue weighted by molar-refractivity contribution is 6.00. The molecule has 4 heteroatoms. The highest BCUT2D eigenvalue weighted by atomic mass is 19.1. The Kier molecular flexibility index (Phi) is 4.64. The number of ketones is 1. The van der Waals surface area contributed by atoms with Crippen LogP contribution < -0.4 is 0 Å². The zero-order valence-corrected chi connectivity index (χ0v) is 11.2. The second kappa shape index (κ2) is 6.24. The Hall–Kier alpha value is -1.29. The van der Waals surface area contributed by atoms with Crippen LogP contribution in [0.1, 0.15) is 43.0 Å². The van der Waals surface area contributed by atoms with Gasteiger partial charge < -0.3 is 0 Å². The van der Waals surface area contributed by atoms with Gasteiger partial charge in [0.05, 0.1) is 11.6 Å². The smallest absolute Gasteiger partial charge is 0.182 e. The molecule has 1 heterocycles. The minimum absolute atomic E-state index is 0.0156. The molecule has 1 aromatic rings. The van der Waals surface area contributed by atoms with Crippen LogP contribution in [0.5, 0.6) is 0 Å². The summed E-state index contributed by atoms with van der Waals surface area (Å²) in [6.45, 7) is 3.54. The van der Waals surface area contributed by atoms with Crippen molar-refractivity contribution < 1.29 is 13.6 Å². The molecule has 1 aromatic carbocycles. The van der Waals surface area contributed by atoms with E-state index in [-0.39, 0.29) is 17.4 Å². The van der Waals surface area contributed by atoms with Gasteiger partial charge in [-0.1, -0.05) is 12.8 Å². The molecule has 0 N–H and O–H groups in total. The molecule has 0 amide bonds. The largest absolute Gasteiger partial charge is 0.294 e. The van der Waals surface area contributed by atoms with Crippen LogP contribution in [0.15, 0.2) is 18.2 Å². The van der Waals surface area contributed by atoms with Gasteiger partial charge in [0.2, 0.25) is 0 Å². The van der Waals surface area contributed by atoms with E-state index in [9.17, 15) is 13.6 Å². The highest BCUT2D eigenvalue weighted by Crippen LogP contribution is 2.17. The van der Waals surface area contributed by atoms with Crippen molar-refractivity contribution >= 4 is 5.78 Å². The fourth-order valence-corrected chi connectivity index (χ4v) is 2.56. The van der Waals surface area contributed by atoms with E-state index in [2.05, 4.69) is 4.90 Å². The number of hydrogen-bond acceptors (Lipinski definition) is 2. The van der Waals surface area contributed by atoms with E-state index < -0.39 is 11.6 Å². The third-order valence-corrected chi connectivity index (χ3v) is 3.76. The molecule has 2 rings (SSSR count). The van der Waals surface area contributed by atoms with Crippen LogP contribution in [0, 0.1) is 11.6 Å². The van der Waals surface area contributed by atoms with Gasteiger partial charge in [-0.25, -0.2) is 8.78 Å². The van der Waals surface area contributed by atoms with Crippen LogP contribution in [0.2, 0.25) is 0 Å². The van der Waals surface area contributed by atoms with Crippen LogP contribution in [0.25, 0.3) is 0 Å². The van der Waals surface area contributed by atoms with Crippen molar-refractivity contribution in [1.29, 1.82) is 0 Å². The van der Waals surface area contributed by atoms with Crippen molar-refractivity contribution in [2.24, 2.45) is 0 Å². The van der Waals surface area contributed by atoms with E-state index in [4.69, 9.17) is 0 Å². The molecule has 1 saturated heterocycles. The Balaban J connectivity index is 2.13. The molecule has 19 heavy (non-hydrogen) atoms. The lowest BCUT2D eigenvalue weighted by molar-refractivity contribution is 0.0838. The minimum atomic E-state index is -0.772. The Bertz CT molecular complexity index is 453. The molecule has 1 fully saturated rings. The lowest BCUT2D eigenvalue weighted by atomic mass is 10.0. The molecule has 0 spiro atoms. The van der Waals surface area contributed by atoms with Crippen LogP contribution in [0.3, 0.4) is 0 Å². The van der Waals surface area contributed by atoms with Crippen molar-refractivity contribution in [1.82, 2.24) is 4.90 Å². The summed E-state index contributed by atoms with van der Waals surface area (Å²) in [4.78, 5) is 14.4. The molecular formula is C15H19F2NO. The van der Waals surface area contributed by atoms with Crippen LogP contribution in [0.4, 0.5) is 8.78 Å². The number of carbonyl (C=O) groups is 1. The molecule has 104 valence electrons. The predicted octanol–water partition coefficient (Wildman–Crippen LogP) is 3.41. The van der Waals surface area contributed by atoms with Gasteiger partial charge in [-0.3, -0.25) is 9.69 Å². The number of Topliss-reactive ketones (excluding diaryl/α,β-unsaturated/α-hetero) is 1. The van der Waals surface area contributed by atoms with Crippen LogP contribution >= 0.6 is 0 Å². The summed E-state index contributed by atoms with van der Waals surface area (Å²) in [7, 11) is 0. The maximum Gasteiger partial charge on any atom is 0.182 e. The van der Waals surface area contributed by atoms with Gasteiger partial charge in [0.15, 0.2) is 5.78 Å². The first-order chi connectivity index (χ1) is 9.09. The Labute approximate surface area is 112 Å². The van der Waals surface area contributed by atoms with Gasteiger partial charge in [0.1, 0.15) is 11.6 Å². The molecule has 0 aliphatic carbocycles. The third kappa shape index (κ3) is 3.38. The highest BCUT2D eigenvalue weighted by Gasteiger charge is 2.25. The van der Waals surface area contributed by atoms with Crippen LogP contribution in [-0.4, -0.2) is 29.8 Å². The SMILES string of the molecule is CC(C(=O)c1ccc(F)cc1F)N1CCCCCC1. The standard InChI is InChI=1S/C15H19F2NO/c1-11(18-8-4-2-3-5-9-18)15(19)13-7-6-12(16)10-14(13)17/h6-7,10-11H,2-5,8-9H2,1H3. The Morgan fingerprint density at radius 1 is 1.16 bits per heavy atom. The molecule has 0 aromatic heterocycles. The summed E-state index contributed by atoms with van der Waals surface area (Å²) < 4.78 is 26.5. The maximum absolute atomic E-state index is 13.6. The molecule has 1 unspecified atom stereocenters. The van der Waals surface area contributed by atoms with E-state index in [0.29, 0.717) is 0 Å². The van der Waals surface area contributed by atoms with E-state index in [0.717, 1.165) is 38.1 Å². The first kappa shape index (κ1) is 14.1. The van der Waals surface area contributed by atoms with E-state index in [1.54, 1.807) is 6.92 Å². The molecule has 0 saturated carbocycles. The summed E-state index contributed by atoms with van der Waals surface area (Å²) in [6, 6.07) is 2.79. The molecule has 1 aliphatic heterocycles. The number of rotatable bonds is 3. The van der Waals surface area contributed by atoms with Crippen molar-refractivity contribution in [2.75, 3.05) is 13.1 Å². The molecular weight excluding hydrogens is 248 g/mol. The number of nitrogens with zero attached hydrogens (tertiary/aromatic N) is 1. The zero-order valence-electron chi connectivity index (χ0n) is 11.2. The first-order valence-electron chi connectivity index (χ1n) is 6.83. The molecule has 1 aliphatic rings. The van der Waals surface area contributed by atoms with Gasteiger partial charge in [-0.05, 0) is 45.0 Å². The summed E-state index contributed by atoms with van der Waals surface area (Å²) in [6.07, 6.45) is 4.51. The van der Waals surface area contributed by atoms with Crippen molar-refractivity contribution in [3.8, 4) is 0 Å². The van der Waals surface area contributed by atoms with E-state index >= 15 is 0 Å². The van der Waals surface area contributed by atoms with Gasteiger partial charge in [0, 0.05) is 6.07 Å². The molecule has 0 radical (unpaired) electrons. The lowest BCUT2D eigenvalue weighted by Crippen LogP contribution is -2.40. The quantitative estimate of drug-likeness (QED) is 0.782. The number of benzene rings is 1. The Morgan fingerprint density at radius 2 is 1.79 bits per heavy atom. The molecule has 0 bridgehead atoms. The predicted molar refractivity (Wildman–Crippen MR) is 70.2 cm³/mol. The summed E-state index contributed by atoms with van der Waals surface area (Å²) in [5, 5.41) is 0. The monoisotopic (exact) mass is 267 g/mol. The molecule has 1 atom stereocenters.